The number of benzene rings is 2. The number of aromatic nitrogens is 1. The van der Waals surface area contributed by atoms with Crippen molar-refractivity contribution in [2.75, 3.05) is 6.61 Å². The average Bonchev–Trinajstić information content (AvgIpc) is 3.32. The third kappa shape index (κ3) is 3.92. The summed E-state index contributed by atoms with van der Waals surface area (Å²) in [4.78, 5) is 16.8. The number of hydrogen-bond acceptors (Lipinski definition) is 5. The summed E-state index contributed by atoms with van der Waals surface area (Å²) in [6.07, 6.45) is 2.30. The topological polar surface area (TPSA) is 65.5 Å². The molecular weight excluding hydrogens is 378 g/mol. The Morgan fingerprint density at radius 2 is 1.90 bits per heavy atom. The van der Waals surface area contributed by atoms with Gasteiger partial charge in [0.1, 0.15) is 17.1 Å². The predicted octanol–water partition coefficient (Wildman–Crippen LogP) is 5.95. The zero-order chi connectivity index (χ0) is 21.1. The lowest BCUT2D eigenvalue weighted by Gasteiger charge is -2.06. The Kier molecular flexibility index (Phi) is 5.53. The van der Waals surface area contributed by atoms with Crippen molar-refractivity contribution in [2.45, 2.75) is 27.2 Å². The fourth-order valence-corrected chi connectivity index (χ4v) is 3.43. The second-order valence-corrected chi connectivity index (χ2v) is 6.95. The smallest absolute Gasteiger partial charge is 0.338 e. The summed E-state index contributed by atoms with van der Waals surface area (Å²) in [5, 5.41) is 0.926. The van der Waals surface area contributed by atoms with Crippen molar-refractivity contribution in [3.05, 3.63) is 83.5 Å². The minimum absolute atomic E-state index is 0.324. The number of ether oxygens (including phenoxy) is 1. The minimum Gasteiger partial charge on any atom is -0.462 e. The molecule has 5 nitrogen and oxygen atoms in total. The van der Waals surface area contributed by atoms with Gasteiger partial charge < -0.3 is 13.6 Å². The molecule has 30 heavy (non-hydrogen) atoms. The Balaban J connectivity index is 1.61. The van der Waals surface area contributed by atoms with Crippen molar-refractivity contribution in [3.8, 4) is 11.5 Å². The van der Waals surface area contributed by atoms with E-state index in [1.54, 1.807) is 13.0 Å². The first-order valence-electron chi connectivity index (χ1n) is 9.97. The number of oxazole rings is 1. The van der Waals surface area contributed by atoms with E-state index in [0.29, 0.717) is 24.5 Å². The molecule has 2 heterocycles. The zero-order valence-corrected chi connectivity index (χ0v) is 17.3. The normalized spacial score (nSPS) is 11.8. The summed E-state index contributed by atoms with van der Waals surface area (Å²) in [6.45, 7) is 5.88. The van der Waals surface area contributed by atoms with Crippen LogP contribution in [-0.2, 0) is 16.0 Å². The second-order valence-electron chi connectivity index (χ2n) is 6.95. The van der Waals surface area contributed by atoms with Gasteiger partial charge in [-0.1, -0.05) is 30.3 Å². The van der Waals surface area contributed by atoms with Gasteiger partial charge in [-0.05, 0) is 56.7 Å². The second kappa shape index (κ2) is 8.41. The number of carbonyl (C=O) groups is 1. The third-order valence-corrected chi connectivity index (χ3v) is 4.92. The van der Waals surface area contributed by atoms with Gasteiger partial charge in [0.2, 0.25) is 5.89 Å². The highest BCUT2D eigenvalue weighted by Gasteiger charge is 2.16. The molecule has 0 spiro atoms. The Bertz CT molecular complexity index is 1210. The molecule has 5 heteroatoms. The molecule has 4 aromatic rings. The quantitative estimate of drug-likeness (QED) is 0.295. The van der Waals surface area contributed by atoms with Gasteiger partial charge in [0.15, 0.2) is 0 Å². The van der Waals surface area contributed by atoms with Crippen molar-refractivity contribution in [1.29, 1.82) is 0 Å². The zero-order valence-electron chi connectivity index (χ0n) is 17.3. The monoisotopic (exact) mass is 401 g/mol. The summed E-state index contributed by atoms with van der Waals surface area (Å²) >= 11 is 0. The first-order valence-corrected chi connectivity index (χ1v) is 9.97. The van der Waals surface area contributed by atoms with Crippen LogP contribution in [0.1, 0.15) is 36.6 Å². The third-order valence-electron chi connectivity index (χ3n) is 4.92. The number of aryl methyl sites for hydroxylation is 1. The molecule has 0 amide bonds. The van der Waals surface area contributed by atoms with Gasteiger partial charge in [-0.15, -0.1) is 0 Å². The molecule has 0 aliphatic rings. The molecule has 0 atom stereocenters. The van der Waals surface area contributed by atoms with Crippen LogP contribution in [0.3, 0.4) is 0 Å². The number of hydrogen-bond donors (Lipinski definition) is 0. The molecule has 2 aromatic heterocycles. The van der Waals surface area contributed by atoms with E-state index in [2.05, 4.69) is 4.98 Å². The first-order chi connectivity index (χ1) is 14.6. The predicted molar refractivity (Wildman–Crippen MR) is 116 cm³/mol. The van der Waals surface area contributed by atoms with Crippen LogP contribution in [-0.4, -0.2) is 17.6 Å². The lowest BCUT2D eigenvalue weighted by Crippen LogP contribution is -2.06. The van der Waals surface area contributed by atoms with Gasteiger partial charge >= 0.3 is 5.97 Å². The van der Waals surface area contributed by atoms with Gasteiger partial charge in [-0.3, -0.25) is 0 Å². The van der Waals surface area contributed by atoms with Gasteiger partial charge in [0.05, 0.1) is 24.3 Å². The van der Waals surface area contributed by atoms with Crippen LogP contribution in [0.5, 0.6) is 0 Å². The van der Waals surface area contributed by atoms with Crippen LogP contribution in [0.15, 0.2) is 69.5 Å². The number of carbonyl (C=O) groups excluding carboxylic acids is 1. The van der Waals surface area contributed by atoms with Gasteiger partial charge in [-0.2, -0.15) is 0 Å². The van der Waals surface area contributed by atoms with E-state index in [4.69, 9.17) is 13.6 Å². The number of furan rings is 1. The molecule has 0 aliphatic heterocycles. The number of nitrogens with zero attached hydrogens (tertiary/aromatic N) is 1. The summed E-state index contributed by atoms with van der Waals surface area (Å²) in [5.41, 5.74) is 3.89. The maximum atomic E-state index is 12.2. The van der Waals surface area contributed by atoms with Crippen molar-refractivity contribution in [3.63, 3.8) is 0 Å². The molecule has 0 radical (unpaired) electrons. The standard InChI is InChI=1S/C25H23NO4/c1-4-21(25(27)28-5-2)18-11-12-23-19(13-18)14-20(30-23)15-22-16(3)29-24(26-22)17-9-7-6-8-10-17/h4,6-14H,5,15H2,1-3H3/b21-4+. The molecular formula is C25H23NO4. The van der Waals surface area contributed by atoms with Crippen LogP contribution in [0.25, 0.3) is 28.0 Å². The van der Waals surface area contributed by atoms with Crippen LogP contribution < -0.4 is 0 Å². The van der Waals surface area contributed by atoms with Crippen molar-refractivity contribution in [1.82, 2.24) is 4.98 Å². The van der Waals surface area contributed by atoms with E-state index in [9.17, 15) is 4.79 Å². The van der Waals surface area contributed by atoms with Crippen molar-refractivity contribution < 1.29 is 18.4 Å². The van der Waals surface area contributed by atoms with E-state index < -0.39 is 0 Å². The van der Waals surface area contributed by atoms with E-state index in [1.807, 2.05) is 68.4 Å². The lowest BCUT2D eigenvalue weighted by molar-refractivity contribution is -0.136. The van der Waals surface area contributed by atoms with E-state index in [-0.39, 0.29) is 5.97 Å². The summed E-state index contributed by atoms with van der Waals surface area (Å²) in [7, 11) is 0. The Morgan fingerprint density at radius 1 is 1.10 bits per heavy atom. The van der Waals surface area contributed by atoms with Gasteiger partial charge in [0, 0.05) is 10.9 Å². The molecule has 0 aliphatic carbocycles. The van der Waals surface area contributed by atoms with Crippen LogP contribution in [0.2, 0.25) is 0 Å². The Morgan fingerprint density at radius 3 is 2.63 bits per heavy atom. The highest BCUT2D eigenvalue weighted by Crippen LogP contribution is 2.28. The minimum atomic E-state index is -0.324. The lowest BCUT2D eigenvalue weighted by atomic mass is 10.0. The highest BCUT2D eigenvalue weighted by atomic mass is 16.5. The summed E-state index contributed by atoms with van der Waals surface area (Å²) < 4.78 is 17.0. The molecule has 0 saturated heterocycles. The van der Waals surface area contributed by atoms with E-state index in [1.165, 1.54) is 0 Å². The molecule has 4 rings (SSSR count). The Labute approximate surface area is 175 Å². The van der Waals surface area contributed by atoms with Crippen LogP contribution in [0.4, 0.5) is 0 Å². The Hall–Kier alpha value is -3.60. The van der Waals surface area contributed by atoms with Crippen LogP contribution in [0, 0.1) is 6.92 Å². The number of esters is 1. The maximum absolute atomic E-state index is 12.2. The molecule has 0 saturated carbocycles. The van der Waals surface area contributed by atoms with Gasteiger partial charge in [-0.25, -0.2) is 9.78 Å². The highest BCUT2D eigenvalue weighted by molar-refractivity contribution is 6.17. The molecule has 0 bridgehead atoms. The molecule has 0 unspecified atom stereocenters. The van der Waals surface area contributed by atoms with Crippen molar-refractivity contribution in [2.24, 2.45) is 0 Å². The van der Waals surface area contributed by atoms with Gasteiger partial charge in [0.25, 0.3) is 0 Å². The summed E-state index contributed by atoms with van der Waals surface area (Å²) in [6, 6.07) is 17.5. The summed E-state index contributed by atoms with van der Waals surface area (Å²) in [5.74, 6) is 1.84. The van der Waals surface area contributed by atoms with Crippen LogP contribution >= 0.6 is 0 Å². The largest absolute Gasteiger partial charge is 0.462 e. The maximum Gasteiger partial charge on any atom is 0.338 e. The fraction of sp³-hybridized carbons (Fsp3) is 0.200. The average molecular weight is 401 g/mol. The number of fused-ring (bicyclic) bond motifs is 1. The molecule has 152 valence electrons. The number of rotatable bonds is 6. The molecule has 0 N–H and O–H groups in total. The van der Waals surface area contributed by atoms with Crippen molar-refractivity contribution >= 4 is 22.5 Å². The molecule has 0 fully saturated rings. The number of allylic oxidation sites excluding steroid dienone is 1. The fourth-order valence-electron chi connectivity index (χ4n) is 3.43. The van der Waals surface area contributed by atoms with E-state index >= 15 is 0 Å². The SMILES string of the molecule is C/C=C(/C(=O)OCC)c1ccc2oc(Cc3nc(-c4ccccc4)oc3C)cc2c1. The van der Waals surface area contributed by atoms with E-state index in [0.717, 1.165) is 39.3 Å². The first kappa shape index (κ1) is 19.7. The molecule has 2 aromatic carbocycles.